The molecule has 2 amide bonds. The molecule has 3 rings (SSSR count). The van der Waals surface area contributed by atoms with Gasteiger partial charge >= 0.3 is 0 Å². The highest BCUT2D eigenvalue weighted by Crippen LogP contribution is 2.35. The van der Waals surface area contributed by atoms with E-state index < -0.39 is 0 Å². The molecule has 0 fully saturated rings. The van der Waals surface area contributed by atoms with E-state index in [4.69, 9.17) is 27.9 Å². The van der Waals surface area contributed by atoms with Crippen LogP contribution in [-0.2, 0) is 16.2 Å². The number of pyridine rings is 1. The molecule has 0 saturated heterocycles. The number of anilines is 1. The van der Waals surface area contributed by atoms with E-state index >= 15 is 0 Å². The fraction of sp³-hybridized carbons (Fsp3) is 0.318. The number of hydrogen-bond acceptors (Lipinski definition) is 4. The molecule has 0 aliphatic carbocycles. The number of amides is 2. The summed E-state index contributed by atoms with van der Waals surface area (Å²) >= 11 is 16.5. The summed E-state index contributed by atoms with van der Waals surface area (Å²) in [5.74, 6) is -0.143. The first-order chi connectivity index (χ1) is 15.1. The number of carbonyl (C=O) groups excluding carboxylic acids is 2. The van der Waals surface area contributed by atoms with Crippen LogP contribution in [0.4, 0.5) is 5.69 Å². The van der Waals surface area contributed by atoms with Crippen molar-refractivity contribution in [3.05, 3.63) is 56.4 Å². The predicted molar refractivity (Wildman–Crippen MR) is 130 cm³/mol. The lowest BCUT2D eigenvalue weighted by molar-refractivity contribution is -0.126. The van der Waals surface area contributed by atoms with E-state index in [2.05, 4.69) is 26.2 Å². The van der Waals surface area contributed by atoms with Crippen molar-refractivity contribution >= 4 is 62.3 Å². The minimum absolute atomic E-state index is 0.0841. The maximum atomic E-state index is 12.6. The number of nitrogens with one attached hydrogen (secondary N) is 1. The van der Waals surface area contributed by atoms with Crippen molar-refractivity contribution < 1.29 is 14.3 Å². The SMILES string of the molecule is Cc1nc2c(OCc3c(Cl)ccc(N(C)C(=O)CNC(=O)C(C)C)c3Cl)cccn2c1Br. The summed E-state index contributed by atoms with van der Waals surface area (Å²) in [6.45, 7) is 5.37. The maximum Gasteiger partial charge on any atom is 0.246 e. The zero-order valence-electron chi connectivity index (χ0n) is 18.1. The fourth-order valence-electron chi connectivity index (χ4n) is 2.99. The Labute approximate surface area is 204 Å². The van der Waals surface area contributed by atoms with Crippen molar-refractivity contribution in [3.8, 4) is 5.75 Å². The highest BCUT2D eigenvalue weighted by atomic mass is 79.9. The van der Waals surface area contributed by atoms with Crippen LogP contribution in [0.15, 0.2) is 35.1 Å². The molecule has 10 heteroatoms. The van der Waals surface area contributed by atoms with Gasteiger partial charge in [0.2, 0.25) is 11.8 Å². The molecule has 1 N–H and O–H groups in total. The van der Waals surface area contributed by atoms with Crippen LogP contribution in [0, 0.1) is 12.8 Å². The van der Waals surface area contributed by atoms with Gasteiger partial charge in [0.1, 0.15) is 11.2 Å². The summed E-state index contributed by atoms with van der Waals surface area (Å²) in [5, 5.41) is 3.33. The maximum absolute atomic E-state index is 12.6. The molecular formula is C22H23BrCl2N4O3. The predicted octanol–water partition coefficient (Wildman–Crippen LogP) is 5.03. The summed E-state index contributed by atoms with van der Waals surface area (Å²) in [6.07, 6.45) is 1.88. The molecule has 0 radical (unpaired) electrons. The first kappa shape index (κ1) is 24.4. The van der Waals surface area contributed by atoms with Gasteiger partial charge in [-0.1, -0.05) is 37.0 Å². The molecule has 32 heavy (non-hydrogen) atoms. The first-order valence-corrected chi connectivity index (χ1v) is 11.4. The summed E-state index contributed by atoms with van der Waals surface area (Å²) in [4.78, 5) is 30.2. The van der Waals surface area contributed by atoms with Gasteiger partial charge in [-0.15, -0.1) is 0 Å². The quantitative estimate of drug-likeness (QED) is 0.455. The molecule has 2 aromatic heterocycles. The van der Waals surface area contributed by atoms with E-state index in [-0.39, 0.29) is 30.9 Å². The highest BCUT2D eigenvalue weighted by molar-refractivity contribution is 9.10. The van der Waals surface area contributed by atoms with Crippen molar-refractivity contribution in [2.45, 2.75) is 27.4 Å². The minimum atomic E-state index is -0.308. The Morgan fingerprint density at radius 1 is 1.28 bits per heavy atom. The Balaban J connectivity index is 1.80. The van der Waals surface area contributed by atoms with E-state index in [0.29, 0.717) is 32.7 Å². The normalized spacial score (nSPS) is 11.1. The van der Waals surface area contributed by atoms with E-state index in [9.17, 15) is 9.59 Å². The topological polar surface area (TPSA) is 75.9 Å². The van der Waals surface area contributed by atoms with Gasteiger partial charge in [-0.2, -0.15) is 0 Å². The average molecular weight is 542 g/mol. The van der Waals surface area contributed by atoms with Crippen LogP contribution < -0.4 is 15.0 Å². The zero-order chi connectivity index (χ0) is 23.6. The monoisotopic (exact) mass is 540 g/mol. The molecule has 7 nitrogen and oxygen atoms in total. The number of imidazole rings is 1. The lowest BCUT2D eigenvalue weighted by atomic mass is 10.2. The molecule has 0 bridgehead atoms. The molecule has 0 unspecified atom stereocenters. The molecule has 0 saturated carbocycles. The van der Waals surface area contributed by atoms with Crippen molar-refractivity contribution in [1.29, 1.82) is 0 Å². The van der Waals surface area contributed by atoms with Gasteiger partial charge in [0.05, 0.1) is 22.9 Å². The number of hydrogen-bond donors (Lipinski definition) is 1. The van der Waals surface area contributed by atoms with E-state index in [1.54, 1.807) is 33.0 Å². The lowest BCUT2D eigenvalue weighted by Gasteiger charge is -2.21. The smallest absolute Gasteiger partial charge is 0.246 e. The van der Waals surface area contributed by atoms with Crippen LogP contribution in [0.1, 0.15) is 25.1 Å². The highest BCUT2D eigenvalue weighted by Gasteiger charge is 2.20. The Morgan fingerprint density at radius 3 is 2.69 bits per heavy atom. The third-order valence-electron chi connectivity index (χ3n) is 4.93. The van der Waals surface area contributed by atoms with Crippen LogP contribution in [-0.4, -0.2) is 34.8 Å². The number of rotatable bonds is 7. The number of aromatic nitrogens is 2. The second-order valence-corrected chi connectivity index (χ2v) is 9.06. The van der Waals surface area contributed by atoms with Crippen LogP contribution in [0.25, 0.3) is 5.65 Å². The third kappa shape index (κ3) is 5.03. The Morgan fingerprint density at radius 2 is 2.00 bits per heavy atom. The number of nitrogens with zero attached hydrogens (tertiary/aromatic N) is 3. The minimum Gasteiger partial charge on any atom is -0.485 e. The Kier molecular flexibility index (Phi) is 7.69. The number of carbonyl (C=O) groups is 2. The summed E-state index contributed by atoms with van der Waals surface area (Å²) in [6, 6.07) is 6.99. The summed E-state index contributed by atoms with van der Waals surface area (Å²) in [7, 11) is 1.59. The second kappa shape index (κ2) is 10.1. The van der Waals surface area contributed by atoms with E-state index in [1.807, 2.05) is 29.7 Å². The number of fused-ring (bicyclic) bond motifs is 1. The van der Waals surface area contributed by atoms with Gasteiger partial charge in [-0.25, -0.2) is 4.98 Å². The molecule has 0 aliphatic rings. The number of benzene rings is 1. The number of ether oxygens (including phenoxy) is 1. The van der Waals surface area contributed by atoms with Gasteiger partial charge in [0.25, 0.3) is 0 Å². The molecular weight excluding hydrogens is 519 g/mol. The van der Waals surface area contributed by atoms with Crippen molar-refractivity contribution in [3.63, 3.8) is 0 Å². The van der Waals surface area contributed by atoms with Crippen molar-refractivity contribution in [2.75, 3.05) is 18.5 Å². The second-order valence-electron chi connectivity index (χ2n) is 7.53. The van der Waals surface area contributed by atoms with Crippen LogP contribution >= 0.6 is 39.1 Å². The van der Waals surface area contributed by atoms with Gasteiger partial charge in [-0.05, 0) is 47.1 Å². The molecule has 170 valence electrons. The Hall–Kier alpha value is -2.29. The molecule has 0 atom stereocenters. The fourth-order valence-corrected chi connectivity index (χ4v) is 3.97. The van der Waals surface area contributed by atoms with Gasteiger partial charge < -0.3 is 15.0 Å². The van der Waals surface area contributed by atoms with Crippen LogP contribution in [0.2, 0.25) is 10.0 Å². The van der Waals surface area contributed by atoms with Crippen molar-refractivity contribution in [2.24, 2.45) is 5.92 Å². The van der Waals surface area contributed by atoms with E-state index in [1.165, 1.54) is 4.90 Å². The van der Waals surface area contributed by atoms with Gasteiger partial charge in [0.15, 0.2) is 11.4 Å². The third-order valence-corrected chi connectivity index (χ3v) is 6.66. The first-order valence-electron chi connectivity index (χ1n) is 9.89. The molecule has 1 aromatic carbocycles. The summed E-state index contributed by atoms with van der Waals surface area (Å²) < 4.78 is 8.73. The van der Waals surface area contributed by atoms with E-state index in [0.717, 1.165) is 10.3 Å². The van der Waals surface area contributed by atoms with Crippen molar-refractivity contribution in [1.82, 2.24) is 14.7 Å². The molecule has 0 aliphatic heterocycles. The molecule has 0 spiro atoms. The summed E-state index contributed by atoms with van der Waals surface area (Å²) in [5.41, 5.74) is 2.51. The lowest BCUT2D eigenvalue weighted by Crippen LogP contribution is -2.39. The van der Waals surface area contributed by atoms with Crippen LogP contribution in [0.5, 0.6) is 5.75 Å². The standard InChI is InChI=1S/C22H23BrCl2N4O3/c1-12(2)22(31)26-10-18(30)28(4)16-8-7-15(24)14(19(16)25)11-32-17-6-5-9-29-20(23)13(3)27-21(17)29/h5-9,12H,10-11H2,1-4H3,(H,26,31). The number of likely N-dealkylation sites (N-methyl/N-ethyl adjacent to an activating group) is 1. The molecule has 3 aromatic rings. The van der Waals surface area contributed by atoms with Crippen LogP contribution in [0.3, 0.4) is 0 Å². The largest absolute Gasteiger partial charge is 0.485 e. The average Bonchev–Trinajstić information content (AvgIpc) is 3.05. The van der Waals surface area contributed by atoms with Gasteiger partial charge in [-0.3, -0.25) is 14.0 Å². The Bertz CT molecular complexity index is 1180. The number of halogens is 3. The number of aryl methyl sites for hydroxylation is 1. The molecule has 2 heterocycles. The van der Waals surface area contributed by atoms with Gasteiger partial charge in [0, 0.05) is 29.7 Å². The zero-order valence-corrected chi connectivity index (χ0v) is 21.2.